The molecule has 0 unspecified atom stereocenters. The van der Waals surface area contributed by atoms with Gasteiger partial charge in [0.1, 0.15) is 11.8 Å². The minimum Gasteiger partial charge on any atom is -0.467 e. The van der Waals surface area contributed by atoms with Crippen LogP contribution in [0.1, 0.15) is 30.1 Å². The van der Waals surface area contributed by atoms with Crippen LogP contribution in [-0.2, 0) is 14.3 Å². The van der Waals surface area contributed by atoms with Gasteiger partial charge in [-0.05, 0) is 36.6 Å². The number of nitrogens with one attached hydrogen (secondary N) is 1. The fourth-order valence-electron chi connectivity index (χ4n) is 2.43. The Balaban J connectivity index is 2.07. The molecule has 0 spiro atoms. The van der Waals surface area contributed by atoms with Crippen LogP contribution in [0.15, 0.2) is 54.6 Å². The number of rotatable bonds is 7. The van der Waals surface area contributed by atoms with Crippen LogP contribution >= 0.6 is 0 Å². The van der Waals surface area contributed by atoms with Crippen molar-refractivity contribution in [3.63, 3.8) is 0 Å². The van der Waals surface area contributed by atoms with Gasteiger partial charge in [0.25, 0.3) is 5.91 Å². The minimum atomic E-state index is -0.838. The first-order valence-electron chi connectivity index (χ1n) is 8.05. The van der Waals surface area contributed by atoms with Crippen LogP contribution in [0.5, 0.6) is 0 Å². The SMILES string of the molecule is COC(=O)[C@@H](CCC(C)=O)NC(=O)c1ccc(-c2ccccc2)cc1. The molecule has 5 nitrogen and oxygen atoms in total. The number of ether oxygens (including phenoxy) is 1. The van der Waals surface area contributed by atoms with Crippen molar-refractivity contribution in [3.05, 3.63) is 60.2 Å². The Kier molecular flexibility index (Phi) is 6.46. The Morgan fingerprint density at radius 2 is 1.56 bits per heavy atom. The lowest BCUT2D eigenvalue weighted by molar-refractivity contribution is -0.143. The molecule has 0 saturated heterocycles. The van der Waals surface area contributed by atoms with Crippen LogP contribution < -0.4 is 5.32 Å². The molecule has 25 heavy (non-hydrogen) atoms. The lowest BCUT2D eigenvalue weighted by atomic mass is 10.0. The number of carbonyl (C=O) groups excluding carboxylic acids is 3. The minimum absolute atomic E-state index is 0.0460. The molecule has 5 heteroatoms. The Labute approximate surface area is 147 Å². The number of Topliss-reactive ketones (excluding diaryl/α,β-unsaturated/α-hetero) is 1. The first-order chi connectivity index (χ1) is 12.0. The van der Waals surface area contributed by atoms with Gasteiger partial charge < -0.3 is 14.8 Å². The summed E-state index contributed by atoms with van der Waals surface area (Å²) in [5, 5.41) is 2.63. The number of methoxy groups -OCH3 is 1. The van der Waals surface area contributed by atoms with Crippen molar-refractivity contribution in [2.45, 2.75) is 25.8 Å². The molecule has 0 fully saturated rings. The van der Waals surface area contributed by atoms with E-state index in [9.17, 15) is 14.4 Å². The standard InChI is InChI=1S/C20H21NO4/c1-14(22)8-13-18(20(24)25-2)21-19(23)17-11-9-16(10-12-17)15-6-4-3-5-7-15/h3-7,9-12,18H,8,13H2,1-2H3,(H,21,23)/t18-/m1/s1. The molecule has 0 aliphatic heterocycles. The topological polar surface area (TPSA) is 72.5 Å². The Morgan fingerprint density at radius 3 is 2.12 bits per heavy atom. The van der Waals surface area contributed by atoms with Gasteiger partial charge in [0.2, 0.25) is 0 Å². The second-order valence-corrected chi connectivity index (χ2v) is 5.73. The fourth-order valence-corrected chi connectivity index (χ4v) is 2.43. The van der Waals surface area contributed by atoms with Gasteiger partial charge in [-0.1, -0.05) is 42.5 Å². The first-order valence-corrected chi connectivity index (χ1v) is 8.05. The molecule has 0 aliphatic carbocycles. The first kappa shape index (κ1) is 18.4. The summed E-state index contributed by atoms with van der Waals surface area (Å²) >= 11 is 0. The van der Waals surface area contributed by atoms with Gasteiger partial charge in [0, 0.05) is 12.0 Å². The summed E-state index contributed by atoms with van der Waals surface area (Å²) in [7, 11) is 1.25. The summed E-state index contributed by atoms with van der Waals surface area (Å²) in [5.41, 5.74) is 2.50. The summed E-state index contributed by atoms with van der Waals surface area (Å²) in [6.07, 6.45) is 0.419. The number of carbonyl (C=O) groups is 3. The Hall–Kier alpha value is -2.95. The lowest BCUT2D eigenvalue weighted by Gasteiger charge is -2.16. The molecular formula is C20H21NO4. The van der Waals surface area contributed by atoms with Gasteiger partial charge in [0.15, 0.2) is 0 Å². The van der Waals surface area contributed by atoms with Crippen LogP contribution in [0.4, 0.5) is 0 Å². The monoisotopic (exact) mass is 339 g/mol. The van der Waals surface area contributed by atoms with Crippen LogP contribution in [-0.4, -0.2) is 30.8 Å². The zero-order chi connectivity index (χ0) is 18.2. The predicted octanol–water partition coefficient (Wildman–Crippen LogP) is 2.99. The summed E-state index contributed by atoms with van der Waals surface area (Å²) in [5.74, 6) is -0.982. The quantitative estimate of drug-likeness (QED) is 0.787. The maximum atomic E-state index is 12.4. The van der Waals surface area contributed by atoms with Gasteiger partial charge in [-0.3, -0.25) is 4.79 Å². The van der Waals surface area contributed by atoms with E-state index < -0.39 is 12.0 Å². The second kappa shape index (κ2) is 8.78. The van der Waals surface area contributed by atoms with Gasteiger partial charge in [-0.15, -0.1) is 0 Å². The normalized spacial score (nSPS) is 11.4. The van der Waals surface area contributed by atoms with Gasteiger partial charge in [0.05, 0.1) is 7.11 Å². The number of amides is 1. The van der Waals surface area contributed by atoms with Gasteiger partial charge >= 0.3 is 5.97 Å². The maximum absolute atomic E-state index is 12.4. The highest BCUT2D eigenvalue weighted by Crippen LogP contribution is 2.19. The molecule has 130 valence electrons. The van der Waals surface area contributed by atoms with Crippen molar-refractivity contribution in [3.8, 4) is 11.1 Å². The van der Waals surface area contributed by atoms with Crippen molar-refractivity contribution in [1.29, 1.82) is 0 Å². The molecule has 0 radical (unpaired) electrons. The van der Waals surface area contributed by atoms with Crippen LogP contribution in [0.25, 0.3) is 11.1 Å². The fraction of sp³-hybridized carbons (Fsp3) is 0.250. The highest BCUT2D eigenvalue weighted by molar-refractivity contribution is 5.97. The third-order valence-electron chi connectivity index (χ3n) is 3.83. The molecule has 0 aromatic heterocycles. The van der Waals surface area contributed by atoms with E-state index >= 15 is 0 Å². The molecule has 0 bridgehead atoms. The van der Waals surface area contributed by atoms with E-state index in [4.69, 9.17) is 4.74 Å². The summed E-state index contributed by atoms with van der Waals surface area (Å²) in [6, 6.07) is 16.1. The van der Waals surface area contributed by atoms with Gasteiger partial charge in [-0.2, -0.15) is 0 Å². The predicted molar refractivity (Wildman–Crippen MR) is 95.1 cm³/mol. The molecule has 0 heterocycles. The van der Waals surface area contributed by atoms with E-state index in [0.29, 0.717) is 5.56 Å². The average molecular weight is 339 g/mol. The molecule has 2 aromatic carbocycles. The van der Waals surface area contributed by atoms with Crippen LogP contribution in [0.2, 0.25) is 0 Å². The van der Waals surface area contributed by atoms with E-state index in [2.05, 4.69) is 5.32 Å². The third-order valence-corrected chi connectivity index (χ3v) is 3.83. The molecule has 1 atom stereocenters. The molecule has 1 N–H and O–H groups in total. The third kappa shape index (κ3) is 5.28. The van der Waals surface area contributed by atoms with Crippen LogP contribution in [0, 0.1) is 0 Å². The number of ketones is 1. The lowest BCUT2D eigenvalue weighted by Crippen LogP contribution is -2.41. The van der Waals surface area contributed by atoms with E-state index in [1.54, 1.807) is 12.1 Å². The largest absolute Gasteiger partial charge is 0.467 e. The van der Waals surface area contributed by atoms with Gasteiger partial charge in [-0.25, -0.2) is 4.79 Å². The number of hydrogen-bond donors (Lipinski definition) is 1. The number of benzene rings is 2. The van der Waals surface area contributed by atoms with Crippen molar-refractivity contribution in [2.24, 2.45) is 0 Å². The van der Waals surface area contributed by atoms with Crippen LogP contribution in [0.3, 0.4) is 0 Å². The smallest absolute Gasteiger partial charge is 0.328 e. The summed E-state index contributed by atoms with van der Waals surface area (Å²) < 4.78 is 4.69. The average Bonchev–Trinajstić information content (AvgIpc) is 2.65. The number of hydrogen-bond acceptors (Lipinski definition) is 4. The molecule has 2 aromatic rings. The second-order valence-electron chi connectivity index (χ2n) is 5.73. The van der Waals surface area contributed by atoms with E-state index in [0.717, 1.165) is 11.1 Å². The van der Waals surface area contributed by atoms with E-state index in [1.807, 2.05) is 42.5 Å². The highest BCUT2D eigenvalue weighted by atomic mass is 16.5. The molecule has 2 rings (SSSR count). The van der Waals surface area contributed by atoms with Crippen molar-refractivity contribution >= 4 is 17.7 Å². The van der Waals surface area contributed by atoms with Crippen molar-refractivity contribution in [2.75, 3.05) is 7.11 Å². The zero-order valence-corrected chi connectivity index (χ0v) is 14.3. The Morgan fingerprint density at radius 1 is 0.960 bits per heavy atom. The Bertz CT molecular complexity index is 738. The molecule has 0 saturated carbocycles. The van der Waals surface area contributed by atoms with Crippen molar-refractivity contribution in [1.82, 2.24) is 5.32 Å². The summed E-state index contributed by atoms with van der Waals surface area (Å²) in [4.78, 5) is 35.3. The molecule has 1 amide bonds. The van der Waals surface area contributed by atoms with E-state index in [1.165, 1.54) is 14.0 Å². The maximum Gasteiger partial charge on any atom is 0.328 e. The van der Waals surface area contributed by atoms with E-state index in [-0.39, 0.29) is 24.5 Å². The molecule has 0 aliphatic rings. The summed E-state index contributed by atoms with van der Waals surface area (Å²) in [6.45, 7) is 1.44. The highest BCUT2D eigenvalue weighted by Gasteiger charge is 2.22. The zero-order valence-electron chi connectivity index (χ0n) is 14.3. The number of esters is 1. The molecular weight excluding hydrogens is 318 g/mol. The van der Waals surface area contributed by atoms with Crippen molar-refractivity contribution < 1.29 is 19.1 Å².